The van der Waals surface area contributed by atoms with E-state index in [1.165, 1.54) is 22.3 Å². The molecule has 3 nitrogen and oxygen atoms in total. The van der Waals surface area contributed by atoms with Crippen molar-refractivity contribution in [2.45, 2.75) is 0 Å². The average molecular weight is 779 g/mol. The first kappa shape index (κ1) is 36.0. The van der Waals surface area contributed by atoms with E-state index in [0.717, 1.165) is 77.8 Å². The Morgan fingerprint density at radius 3 is 1.18 bits per heavy atom. The van der Waals surface area contributed by atoms with E-state index in [-0.39, 0.29) is 0 Å². The van der Waals surface area contributed by atoms with Crippen molar-refractivity contribution in [3.8, 4) is 89.4 Å². The molecule has 0 saturated heterocycles. The highest BCUT2D eigenvalue weighted by Gasteiger charge is 2.19. The molecule has 11 aromatic rings. The second-order valence-corrected chi connectivity index (χ2v) is 15.4. The molecule has 0 atom stereocenters. The Bertz CT molecular complexity index is 3220. The van der Waals surface area contributed by atoms with Crippen molar-refractivity contribution in [1.29, 1.82) is 0 Å². The van der Waals surface area contributed by atoms with Gasteiger partial charge in [-0.3, -0.25) is 0 Å². The van der Waals surface area contributed by atoms with Crippen LogP contribution in [0.3, 0.4) is 0 Å². The second-order valence-electron chi connectivity index (χ2n) is 15.4. The molecule has 0 saturated carbocycles. The molecule has 0 aliphatic heterocycles. The van der Waals surface area contributed by atoms with E-state index in [0.29, 0.717) is 11.4 Å². The van der Waals surface area contributed by atoms with Crippen LogP contribution in [0, 0.1) is 0 Å². The zero-order chi connectivity index (χ0) is 40.5. The topological polar surface area (TPSA) is 38.9 Å². The molecular weight excluding hydrogens is 741 g/mol. The highest BCUT2D eigenvalue weighted by atomic mass is 16.3. The average Bonchev–Trinajstić information content (AvgIpc) is 3.73. The maximum Gasteiger partial charge on any atom is 0.180 e. The number of nitrogens with zero attached hydrogens (tertiary/aromatic N) is 2. The van der Waals surface area contributed by atoms with Crippen LogP contribution in [0.1, 0.15) is 0 Å². The molecule has 286 valence electrons. The number of benzene rings is 9. The lowest BCUT2D eigenvalue weighted by molar-refractivity contribution is 0.667. The van der Waals surface area contributed by atoms with E-state index in [4.69, 9.17) is 14.4 Å². The van der Waals surface area contributed by atoms with E-state index in [1.807, 2.05) is 24.3 Å². The summed E-state index contributed by atoms with van der Waals surface area (Å²) in [6.45, 7) is 0. The third-order valence-corrected chi connectivity index (χ3v) is 11.5. The van der Waals surface area contributed by atoms with E-state index in [9.17, 15) is 0 Å². The molecule has 0 fully saturated rings. The lowest BCUT2D eigenvalue weighted by Gasteiger charge is -2.13. The van der Waals surface area contributed by atoms with Crippen molar-refractivity contribution in [3.05, 3.63) is 231 Å². The molecular formula is C58H38N2O. The Morgan fingerprint density at radius 2 is 0.623 bits per heavy atom. The molecule has 0 unspecified atom stereocenters. The first-order chi connectivity index (χ1) is 30.2. The van der Waals surface area contributed by atoms with Crippen molar-refractivity contribution in [3.63, 3.8) is 0 Å². The molecule has 61 heavy (non-hydrogen) atoms. The summed E-state index contributed by atoms with van der Waals surface area (Å²) in [5, 5.41) is 0.965. The third-order valence-electron chi connectivity index (χ3n) is 11.5. The fourth-order valence-corrected chi connectivity index (χ4v) is 8.33. The number of para-hydroxylation sites is 1. The molecule has 0 N–H and O–H groups in total. The number of hydrogen-bond donors (Lipinski definition) is 0. The molecule has 9 aromatic carbocycles. The second kappa shape index (κ2) is 15.6. The molecule has 0 bridgehead atoms. The van der Waals surface area contributed by atoms with Gasteiger partial charge in [-0.05, 0) is 109 Å². The number of fused-ring (bicyclic) bond motifs is 3. The minimum Gasteiger partial charge on any atom is -0.452 e. The summed E-state index contributed by atoms with van der Waals surface area (Å²) in [6.07, 6.45) is 0. The molecule has 3 heteroatoms. The summed E-state index contributed by atoms with van der Waals surface area (Å²) < 4.78 is 6.52. The molecule has 0 spiro atoms. The van der Waals surface area contributed by atoms with Crippen molar-refractivity contribution in [1.82, 2.24) is 9.97 Å². The minimum atomic E-state index is 0.644. The van der Waals surface area contributed by atoms with Crippen LogP contribution < -0.4 is 0 Å². The first-order valence-corrected chi connectivity index (χ1v) is 20.6. The van der Waals surface area contributed by atoms with E-state index < -0.39 is 0 Å². The van der Waals surface area contributed by atoms with Gasteiger partial charge in [0.05, 0.1) is 0 Å². The van der Waals surface area contributed by atoms with Crippen LogP contribution in [0.25, 0.3) is 111 Å². The maximum absolute atomic E-state index is 6.52. The van der Waals surface area contributed by atoms with Crippen molar-refractivity contribution in [2.75, 3.05) is 0 Å². The van der Waals surface area contributed by atoms with Crippen molar-refractivity contribution in [2.24, 2.45) is 0 Å². The number of aromatic nitrogens is 2. The molecule has 0 aliphatic rings. The number of rotatable bonds is 8. The van der Waals surface area contributed by atoms with E-state index in [1.54, 1.807) is 0 Å². The van der Waals surface area contributed by atoms with Crippen LogP contribution in [0.15, 0.2) is 235 Å². The Hall–Kier alpha value is -8.14. The van der Waals surface area contributed by atoms with Gasteiger partial charge in [-0.25, -0.2) is 9.97 Å². The molecule has 11 rings (SSSR count). The van der Waals surface area contributed by atoms with Gasteiger partial charge in [0.2, 0.25) is 0 Å². The van der Waals surface area contributed by atoms with E-state index in [2.05, 4.69) is 206 Å². The van der Waals surface area contributed by atoms with Crippen LogP contribution in [0.2, 0.25) is 0 Å². The lowest BCUT2D eigenvalue weighted by atomic mass is 9.91. The summed E-state index contributed by atoms with van der Waals surface area (Å²) >= 11 is 0. The van der Waals surface area contributed by atoms with Gasteiger partial charge >= 0.3 is 0 Å². The van der Waals surface area contributed by atoms with Crippen LogP contribution in [-0.2, 0) is 0 Å². The predicted octanol–water partition coefficient (Wildman–Crippen LogP) is 15.7. The summed E-state index contributed by atoms with van der Waals surface area (Å²) in [5.74, 6) is 0.644. The molecule has 0 amide bonds. The van der Waals surface area contributed by atoms with Crippen LogP contribution in [0.5, 0.6) is 0 Å². The normalized spacial score (nSPS) is 11.3. The Morgan fingerprint density at radius 1 is 0.262 bits per heavy atom. The Kier molecular flexibility index (Phi) is 9.18. The van der Waals surface area contributed by atoms with E-state index >= 15 is 0 Å². The van der Waals surface area contributed by atoms with Gasteiger partial charge in [-0.2, -0.15) is 0 Å². The summed E-state index contributed by atoms with van der Waals surface area (Å²) in [6, 6.07) is 81.4. The predicted molar refractivity (Wildman–Crippen MR) is 253 cm³/mol. The van der Waals surface area contributed by atoms with Crippen molar-refractivity contribution < 1.29 is 4.42 Å². The number of hydrogen-bond acceptors (Lipinski definition) is 3. The summed E-state index contributed by atoms with van der Waals surface area (Å²) in [4.78, 5) is 10.5. The fraction of sp³-hybridized carbons (Fsp3) is 0. The van der Waals surface area contributed by atoms with Gasteiger partial charge in [-0.1, -0.05) is 188 Å². The standard InChI is InChI=1S/C58H38N2O/c1-4-14-39(15-5-1)42-26-30-44(31-27-42)50-36-51(45-32-28-43(29-33-45)40-16-6-2-7-17-40)38-52(37-50)47-21-13-23-49(35-47)58-59-55(57-56(60-58)53-24-10-11-25-54(53)61-57)48-22-12-20-46(34-48)41-18-8-3-9-19-41/h1-38H. The van der Waals surface area contributed by atoms with Crippen LogP contribution >= 0.6 is 0 Å². The van der Waals surface area contributed by atoms with Gasteiger partial charge < -0.3 is 4.42 Å². The van der Waals surface area contributed by atoms with Gasteiger partial charge in [0.1, 0.15) is 16.8 Å². The molecule has 0 aliphatic carbocycles. The zero-order valence-electron chi connectivity index (χ0n) is 33.2. The lowest BCUT2D eigenvalue weighted by Crippen LogP contribution is -1.95. The summed E-state index contributed by atoms with van der Waals surface area (Å²) in [7, 11) is 0. The molecule has 2 aromatic heterocycles. The third kappa shape index (κ3) is 7.09. The molecule has 2 heterocycles. The van der Waals surface area contributed by atoms with Crippen LogP contribution in [-0.4, -0.2) is 9.97 Å². The van der Waals surface area contributed by atoms with Crippen molar-refractivity contribution >= 4 is 22.1 Å². The summed E-state index contributed by atoms with van der Waals surface area (Å²) in [5.41, 5.74) is 18.8. The number of furan rings is 1. The highest BCUT2D eigenvalue weighted by Crippen LogP contribution is 2.39. The zero-order valence-corrected chi connectivity index (χ0v) is 33.2. The smallest absolute Gasteiger partial charge is 0.180 e. The van der Waals surface area contributed by atoms with Gasteiger partial charge in [0, 0.05) is 16.5 Å². The SMILES string of the molecule is c1ccc(-c2ccc(-c3cc(-c4ccc(-c5ccccc5)cc4)cc(-c4cccc(-c5nc(-c6cccc(-c7ccccc7)c6)c6oc7ccccc7c6n5)c4)c3)cc2)cc1. The molecule has 0 radical (unpaired) electrons. The first-order valence-electron chi connectivity index (χ1n) is 20.6. The largest absolute Gasteiger partial charge is 0.452 e. The Labute approximate surface area is 354 Å². The van der Waals surface area contributed by atoms with Gasteiger partial charge in [-0.15, -0.1) is 0 Å². The van der Waals surface area contributed by atoms with Gasteiger partial charge in [0.25, 0.3) is 0 Å². The maximum atomic E-state index is 6.52. The van der Waals surface area contributed by atoms with Gasteiger partial charge in [0.15, 0.2) is 11.4 Å². The minimum absolute atomic E-state index is 0.644. The quantitative estimate of drug-likeness (QED) is 0.154. The van der Waals surface area contributed by atoms with Crippen LogP contribution in [0.4, 0.5) is 0 Å². The monoisotopic (exact) mass is 778 g/mol. The Balaban J connectivity index is 1.04. The fourth-order valence-electron chi connectivity index (χ4n) is 8.33. The highest BCUT2D eigenvalue weighted by molar-refractivity contribution is 6.07.